The van der Waals surface area contributed by atoms with E-state index in [1.165, 1.54) is 13.0 Å². The Morgan fingerprint density at radius 3 is 2.62 bits per heavy atom. The molecule has 1 aliphatic rings. The summed E-state index contributed by atoms with van der Waals surface area (Å²) in [4.78, 5) is 10.8. The molecule has 1 atom stereocenters. The Balaban J connectivity index is 2.87. The van der Waals surface area contributed by atoms with Gasteiger partial charge in [0, 0.05) is 5.92 Å². The molecule has 0 aromatic rings. The van der Waals surface area contributed by atoms with Crippen LogP contribution in [0.25, 0.3) is 0 Å². The van der Waals surface area contributed by atoms with Crippen LogP contribution in [0.3, 0.4) is 0 Å². The highest BCUT2D eigenvalue weighted by Gasteiger charge is 2.33. The number of halogens is 3. The summed E-state index contributed by atoms with van der Waals surface area (Å²) >= 11 is 0. The predicted molar refractivity (Wildman–Crippen MR) is 42.1 cm³/mol. The first-order valence-electron chi connectivity index (χ1n) is 3.87. The van der Waals surface area contributed by atoms with Gasteiger partial charge >= 0.3 is 6.18 Å². The molecule has 0 N–H and O–H groups in total. The standard InChI is InChI=1S/C9H9F3O/c1-6(13)7-3-2-4-8(5-7)9(10,11)12/h2,4-5,7H,3H2,1H3. The molecule has 1 aliphatic carbocycles. The van der Waals surface area contributed by atoms with Crippen molar-refractivity contribution in [3.63, 3.8) is 0 Å². The molecule has 0 saturated heterocycles. The molecule has 1 nitrogen and oxygen atoms in total. The van der Waals surface area contributed by atoms with Crippen molar-refractivity contribution in [3.05, 3.63) is 23.8 Å². The van der Waals surface area contributed by atoms with Crippen molar-refractivity contribution in [1.29, 1.82) is 0 Å². The number of hydrogen-bond acceptors (Lipinski definition) is 1. The molecule has 1 unspecified atom stereocenters. The number of carbonyl (C=O) groups excluding carboxylic acids is 1. The van der Waals surface area contributed by atoms with Crippen molar-refractivity contribution in [3.8, 4) is 0 Å². The molecule has 0 radical (unpaired) electrons. The predicted octanol–water partition coefficient (Wildman–Crippen LogP) is 2.64. The van der Waals surface area contributed by atoms with Crippen LogP contribution in [0.4, 0.5) is 13.2 Å². The van der Waals surface area contributed by atoms with Gasteiger partial charge in [-0.2, -0.15) is 13.2 Å². The lowest BCUT2D eigenvalue weighted by Gasteiger charge is -2.15. The normalized spacial score (nSPS) is 22.8. The van der Waals surface area contributed by atoms with Crippen molar-refractivity contribution in [2.45, 2.75) is 19.5 Å². The molecule has 0 amide bonds. The van der Waals surface area contributed by atoms with Gasteiger partial charge in [-0.1, -0.05) is 18.2 Å². The van der Waals surface area contributed by atoms with Gasteiger partial charge in [-0.25, -0.2) is 0 Å². The van der Waals surface area contributed by atoms with Crippen LogP contribution in [0, 0.1) is 5.92 Å². The average Bonchev–Trinajstić information content (AvgIpc) is 2.03. The van der Waals surface area contributed by atoms with E-state index in [-0.39, 0.29) is 5.78 Å². The highest BCUT2D eigenvalue weighted by Crippen LogP contribution is 2.31. The minimum absolute atomic E-state index is 0.230. The van der Waals surface area contributed by atoms with Crippen LogP contribution in [0.15, 0.2) is 23.8 Å². The number of hydrogen-bond donors (Lipinski definition) is 0. The third-order valence-corrected chi connectivity index (χ3v) is 1.92. The summed E-state index contributed by atoms with van der Waals surface area (Å²) in [5.41, 5.74) is -0.723. The summed E-state index contributed by atoms with van der Waals surface area (Å²) in [6, 6.07) is 0. The molecule has 0 aromatic heterocycles. The van der Waals surface area contributed by atoms with Crippen LogP contribution in [0.1, 0.15) is 13.3 Å². The van der Waals surface area contributed by atoms with Gasteiger partial charge in [0.1, 0.15) is 5.78 Å². The highest BCUT2D eigenvalue weighted by atomic mass is 19.4. The van der Waals surface area contributed by atoms with E-state index < -0.39 is 17.7 Å². The molecule has 0 fully saturated rings. The Morgan fingerprint density at radius 2 is 2.15 bits per heavy atom. The van der Waals surface area contributed by atoms with Gasteiger partial charge in [-0.05, 0) is 13.3 Å². The molecule has 4 heteroatoms. The zero-order valence-corrected chi connectivity index (χ0v) is 7.06. The fraction of sp³-hybridized carbons (Fsp3) is 0.444. The Labute approximate surface area is 73.9 Å². The molecule has 0 bridgehead atoms. The van der Waals surface area contributed by atoms with Crippen LogP contribution < -0.4 is 0 Å². The number of rotatable bonds is 1. The van der Waals surface area contributed by atoms with Crippen molar-refractivity contribution in [2.24, 2.45) is 5.92 Å². The first-order valence-corrected chi connectivity index (χ1v) is 3.87. The zero-order chi connectivity index (χ0) is 10.1. The quantitative estimate of drug-likeness (QED) is 0.621. The molecule has 1 rings (SSSR count). The summed E-state index contributed by atoms with van der Waals surface area (Å²) in [5, 5.41) is 0. The maximum absolute atomic E-state index is 12.1. The second-order valence-corrected chi connectivity index (χ2v) is 2.97. The Kier molecular flexibility index (Phi) is 2.59. The van der Waals surface area contributed by atoms with E-state index in [2.05, 4.69) is 0 Å². The molecule has 0 saturated carbocycles. The summed E-state index contributed by atoms with van der Waals surface area (Å²) in [7, 11) is 0. The highest BCUT2D eigenvalue weighted by molar-refractivity contribution is 5.80. The zero-order valence-electron chi connectivity index (χ0n) is 7.06. The number of allylic oxidation sites excluding steroid dienone is 4. The van der Waals surface area contributed by atoms with E-state index in [0.29, 0.717) is 6.42 Å². The lowest BCUT2D eigenvalue weighted by Crippen LogP contribution is -2.17. The van der Waals surface area contributed by atoms with Gasteiger partial charge in [0.2, 0.25) is 0 Å². The molecule has 0 aliphatic heterocycles. The van der Waals surface area contributed by atoms with Crippen LogP contribution in [0.5, 0.6) is 0 Å². The fourth-order valence-electron chi connectivity index (χ4n) is 1.15. The van der Waals surface area contributed by atoms with E-state index in [9.17, 15) is 18.0 Å². The first-order chi connectivity index (χ1) is 5.91. The summed E-state index contributed by atoms with van der Waals surface area (Å²) in [6.07, 6.45) is -0.587. The van der Waals surface area contributed by atoms with Gasteiger partial charge in [-0.15, -0.1) is 0 Å². The minimum Gasteiger partial charge on any atom is -0.299 e. The van der Waals surface area contributed by atoms with Crippen LogP contribution in [-0.2, 0) is 4.79 Å². The molecular weight excluding hydrogens is 181 g/mol. The van der Waals surface area contributed by atoms with Crippen molar-refractivity contribution < 1.29 is 18.0 Å². The summed E-state index contributed by atoms with van der Waals surface area (Å²) in [5.74, 6) is -0.840. The van der Waals surface area contributed by atoms with Gasteiger partial charge in [0.05, 0.1) is 5.57 Å². The summed E-state index contributed by atoms with van der Waals surface area (Å²) < 4.78 is 36.4. The molecule has 72 valence electrons. The SMILES string of the molecule is CC(=O)C1C=C(C(F)(F)F)C=CC1. The first kappa shape index (κ1) is 10.0. The molecule has 13 heavy (non-hydrogen) atoms. The number of alkyl halides is 3. The number of Topliss-reactive ketones (excluding diaryl/α,β-unsaturated/α-hetero) is 1. The van der Waals surface area contributed by atoms with Crippen LogP contribution in [-0.4, -0.2) is 12.0 Å². The van der Waals surface area contributed by atoms with Crippen LogP contribution in [0.2, 0.25) is 0 Å². The summed E-state index contributed by atoms with van der Waals surface area (Å²) in [6.45, 7) is 1.30. The molecule has 0 aromatic carbocycles. The maximum atomic E-state index is 12.1. The van der Waals surface area contributed by atoms with E-state index in [1.807, 2.05) is 0 Å². The number of ketones is 1. The Morgan fingerprint density at radius 1 is 1.54 bits per heavy atom. The second kappa shape index (κ2) is 3.36. The topological polar surface area (TPSA) is 17.1 Å². The lowest BCUT2D eigenvalue weighted by atomic mass is 9.93. The maximum Gasteiger partial charge on any atom is 0.416 e. The molecular formula is C9H9F3O. The third-order valence-electron chi connectivity index (χ3n) is 1.92. The van der Waals surface area contributed by atoms with Gasteiger partial charge in [0.25, 0.3) is 0 Å². The van der Waals surface area contributed by atoms with Crippen LogP contribution >= 0.6 is 0 Å². The smallest absolute Gasteiger partial charge is 0.299 e. The number of carbonyl (C=O) groups is 1. The Hall–Kier alpha value is -1.06. The third kappa shape index (κ3) is 2.44. The minimum atomic E-state index is -4.34. The van der Waals surface area contributed by atoms with Gasteiger partial charge in [-0.3, -0.25) is 4.79 Å². The molecule has 0 spiro atoms. The van der Waals surface area contributed by atoms with Crippen molar-refractivity contribution in [1.82, 2.24) is 0 Å². The van der Waals surface area contributed by atoms with E-state index in [1.54, 1.807) is 0 Å². The lowest BCUT2D eigenvalue weighted by molar-refractivity contribution is -0.119. The average molecular weight is 190 g/mol. The van der Waals surface area contributed by atoms with Gasteiger partial charge < -0.3 is 0 Å². The van der Waals surface area contributed by atoms with Crippen molar-refractivity contribution >= 4 is 5.78 Å². The largest absolute Gasteiger partial charge is 0.416 e. The van der Waals surface area contributed by atoms with Crippen molar-refractivity contribution in [2.75, 3.05) is 0 Å². The van der Waals surface area contributed by atoms with E-state index >= 15 is 0 Å². The second-order valence-electron chi connectivity index (χ2n) is 2.97. The Bertz CT molecular complexity index is 273. The van der Waals surface area contributed by atoms with E-state index in [0.717, 1.165) is 12.2 Å². The fourth-order valence-corrected chi connectivity index (χ4v) is 1.15. The van der Waals surface area contributed by atoms with Gasteiger partial charge in [0.15, 0.2) is 0 Å². The molecule has 0 heterocycles. The monoisotopic (exact) mass is 190 g/mol. The van der Waals surface area contributed by atoms with E-state index in [4.69, 9.17) is 0 Å².